The molecule has 2 aromatic rings. The van der Waals surface area contributed by atoms with E-state index in [-0.39, 0.29) is 24.2 Å². The van der Waals surface area contributed by atoms with E-state index in [1.165, 1.54) is 29.5 Å². The van der Waals surface area contributed by atoms with Gasteiger partial charge in [-0.2, -0.15) is 11.3 Å². The lowest BCUT2D eigenvalue weighted by atomic mass is 9.98. The second-order valence-electron chi connectivity index (χ2n) is 7.21. The van der Waals surface area contributed by atoms with Gasteiger partial charge in [0, 0.05) is 49.2 Å². The van der Waals surface area contributed by atoms with Crippen molar-refractivity contribution in [1.29, 1.82) is 0 Å². The molecule has 4 amide bonds. The molecule has 0 spiro atoms. The number of hydrogen-bond acceptors (Lipinski definition) is 4. The van der Waals surface area contributed by atoms with Crippen molar-refractivity contribution in [3.05, 3.63) is 52.5 Å². The Labute approximate surface area is 178 Å². The number of rotatable bonds is 7. The number of urea groups is 1. The maximum absolute atomic E-state index is 13.2. The predicted molar refractivity (Wildman–Crippen MR) is 114 cm³/mol. The SMILES string of the molecule is O=C(NCC1CCCN(C(=O)CCNC(=O)c2ccsc2)C1)Nc1cccc(F)c1. The van der Waals surface area contributed by atoms with Gasteiger partial charge in [0.1, 0.15) is 5.82 Å². The average Bonchev–Trinajstić information content (AvgIpc) is 3.27. The molecule has 0 bridgehead atoms. The zero-order chi connectivity index (χ0) is 21.3. The number of halogens is 1. The lowest BCUT2D eigenvalue weighted by Crippen LogP contribution is -2.45. The Hall–Kier alpha value is -2.94. The van der Waals surface area contributed by atoms with Crippen molar-refractivity contribution >= 4 is 34.9 Å². The summed E-state index contributed by atoms with van der Waals surface area (Å²) in [5.74, 6) is -0.439. The largest absolute Gasteiger partial charge is 0.351 e. The fourth-order valence-electron chi connectivity index (χ4n) is 3.37. The summed E-state index contributed by atoms with van der Waals surface area (Å²) in [6.45, 7) is 1.98. The molecule has 1 unspecified atom stereocenters. The van der Waals surface area contributed by atoms with Crippen LogP contribution in [-0.4, -0.2) is 48.9 Å². The Morgan fingerprint density at radius 2 is 2.07 bits per heavy atom. The molecule has 1 atom stereocenters. The van der Waals surface area contributed by atoms with Crippen molar-refractivity contribution in [2.75, 3.05) is 31.5 Å². The van der Waals surface area contributed by atoms with Gasteiger partial charge in [0.25, 0.3) is 5.91 Å². The number of piperidine rings is 1. The van der Waals surface area contributed by atoms with Crippen molar-refractivity contribution < 1.29 is 18.8 Å². The lowest BCUT2D eigenvalue weighted by molar-refractivity contribution is -0.132. The summed E-state index contributed by atoms with van der Waals surface area (Å²) < 4.78 is 13.2. The highest BCUT2D eigenvalue weighted by atomic mass is 32.1. The topological polar surface area (TPSA) is 90.5 Å². The molecule has 1 fully saturated rings. The Bertz CT molecular complexity index is 875. The van der Waals surface area contributed by atoms with E-state index in [1.54, 1.807) is 22.4 Å². The molecule has 0 saturated carbocycles. The second kappa shape index (κ2) is 10.7. The second-order valence-corrected chi connectivity index (χ2v) is 7.99. The Morgan fingerprint density at radius 3 is 2.83 bits per heavy atom. The van der Waals surface area contributed by atoms with Gasteiger partial charge in [-0.3, -0.25) is 9.59 Å². The summed E-state index contributed by atoms with van der Waals surface area (Å²) >= 11 is 1.45. The molecule has 1 aliphatic rings. The highest BCUT2D eigenvalue weighted by Gasteiger charge is 2.24. The molecule has 9 heteroatoms. The molecule has 30 heavy (non-hydrogen) atoms. The number of nitrogens with one attached hydrogen (secondary N) is 3. The van der Waals surface area contributed by atoms with E-state index >= 15 is 0 Å². The van der Waals surface area contributed by atoms with E-state index in [1.807, 2.05) is 5.38 Å². The van der Waals surface area contributed by atoms with Crippen LogP contribution in [0.5, 0.6) is 0 Å². The summed E-state index contributed by atoms with van der Waals surface area (Å²) in [7, 11) is 0. The van der Waals surface area contributed by atoms with Crippen LogP contribution in [0.3, 0.4) is 0 Å². The van der Waals surface area contributed by atoms with Crippen LogP contribution in [-0.2, 0) is 4.79 Å². The number of thiophene rings is 1. The van der Waals surface area contributed by atoms with Crippen LogP contribution >= 0.6 is 11.3 Å². The van der Waals surface area contributed by atoms with Crippen molar-refractivity contribution in [3.63, 3.8) is 0 Å². The molecule has 3 rings (SSSR count). The molecule has 1 saturated heterocycles. The molecule has 1 aromatic heterocycles. The summed E-state index contributed by atoms with van der Waals surface area (Å²) in [4.78, 5) is 38.2. The number of carbonyl (C=O) groups is 3. The summed E-state index contributed by atoms with van der Waals surface area (Å²) in [5, 5.41) is 11.7. The van der Waals surface area contributed by atoms with Gasteiger partial charge in [0.05, 0.1) is 0 Å². The monoisotopic (exact) mass is 432 g/mol. The van der Waals surface area contributed by atoms with Gasteiger partial charge >= 0.3 is 6.03 Å². The third-order valence-electron chi connectivity index (χ3n) is 4.91. The van der Waals surface area contributed by atoms with Gasteiger partial charge in [-0.1, -0.05) is 6.07 Å². The smallest absolute Gasteiger partial charge is 0.319 e. The minimum absolute atomic E-state index is 0.00506. The van der Waals surface area contributed by atoms with Gasteiger partial charge in [-0.25, -0.2) is 9.18 Å². The summed E-state index contributed by atoms with van der Waals surface area (Å²) in [6.07, 6.45) is 2.03. The predicted octanol–water partition coefficient (Wildman–Crippen LogP) is 3.07. The van der Waals surface area contributed by atoms with E-state index in [0.717, 1.165) is 12.8 Å². The van der Waals surface area contributed by atoms with Crippen LogP contribution in [0, 0.1) is 11.7 Å². The molecule has 7 nitrogen and oxygen atoms in total. The Balaban J connectivity index is 1.37. The minimum Gasteiger partial charge on any atom is -0.351 e. The third kappa shape index (κ3) is 6.55. The van der Waals surface area contributed by atoms with Gasteiger partial charge in [-0.15, -0.1) is 0 Å². The van der Waals surface area contributed by atoms with Crippen molar-refractivity contribution in [2.45, 2.75) is 19.3 Å². The molecule has 3 N–H and O–H groups in total. The summed E-state index contributed by atoms with van der Waals surface area (Å²) in [6, 6.07) is 7.04. The highest BCUT2D eigenvalue weighted by molar-refractivity contribution is 7.08. The Kier molecular flexibility index (Phi) is 7.78. The van der Waals surface area contributed by atoms with E-state index in [9.17, 15) is 18.8 Å². The van der Waals surface area contributed by atoms with E-state index < -0.39 is 11.8 Å². The third-order valence-corrected chi connectivity index (χ3v) is 5.60. The van der Waals surface area contributed by atoms with E-state index in [2.05, 4.69) is 16.0 Å². The first-order valence-electron chi connectivity index (χ1n) is 9.90. The zero-order valence-electron chi connectivity index (χ0n) is 16.5. The number of amides is 4. The van der Waals surface area contributed by atoms with Crippen LogP contribution in [0.15, 0.2) is 41.1 Å². The average molecular weight is 433 g/mol. The summed E-state index contributed by atoms with van der Waals surface area (Å²) in [5.41, 5.74) is 0.991. The lowest BCUT2D eigenvalue weighted by Gasteiger charge is -2.33. The Morgan fingerprint density at radius 1 is 1.20 bits per heavy atom. The molecule has 0 radical (unpaired) electrons. The first-order valence-corrected chi connectivity index (χ1v) is 10.8. The number of benzene rings is 1. The maximum atomic E-state index is 13.2. The molecular formula is C21H25FN4O3S. The van der Waals surface area contributed by atoms with Crippen LogP contribution in [0.1, 0.15) is 29.6 Å². The maximum Gasteiger partial charge on any atom is 0.319 e. The van der Waals surface area contributed by atoms with Crippen molar-refractivity contribution in [2.24, 2.45) is 5.92 Å². The van der Waals surface area contributed by atoms with Crippen molar-refractivity contribution in [1.82, 2.24) is 15.5 Å². The number of anilines is 1. The van der Waals surface area contributed by atoms with Gasteiger partial charge in [-0.05, 0) is 48.4 Å². The van der Waals surface area contributed by atoms with Gasteiger partial charge < -0.3 is 20.9 Å². The zero-order valence-corrected chi connectivity index (χ0v) is 17.3. The molecular weight excluding hydrogens is 407 g/mol. The van der Waals surface area contributed by atoms with Crippen molar-refractivity contribution in [3.8, 4) is 0 Å². The number of carbonyl (C=O) groups excluding carboxylic acids is 3. The number of hydrogen-bond donors (Lipinski definition) is 3. The molecule has 160 valence electrons. The standard InChI is InChI=1S/C21H25FN4O3S/c22-17-4-1-5-18(11-17)25-21(29)24-12-15-3-2-9-26(13-15)19(27)6-8-23-20(28)16-7-10-30-14-16/h1,4-5,7,10-11,14-15H,2-3,6,8-9,12-13H2,(H,23,28)(H2,24,25,29). The van der Waals surface area contributed by atoms with Crippen LogP contribution in [0.4, 0.5) is 14.9 Å². The first kappa shape index (κ1) is 21.8. The van der Waals surface area contributed by atoms with Gasteiger partial charge in [0.15, 0.2) is 0 Å². The fourth-order valence-corrected chi connectivity index (χ4v) is 4.01. The fraction of sp³-hybridized carbons (Fsp3) is 0.381. The first-order chi connectivity index (χ1) is 14.5. The number of likely N-dealkylation sites (tertiary alicyclic amines) is 1. The quantitative estimate of drug-likeness (QED) is 0.628. The normalized spacial score (nSPS) is 16.0. The molecule has 0 aliphatic carbocycles. The number of nitrogens with zero attached hydrogens (tertiary/aromatic N) is 1. The molecule has 1 aliphatic heterocycles. The van der Waals surface area contributed by atoms with Crippen LogP contribution in [0.25, 0.3) is 0 Å². The van der Waals surface area contributed by atoms with E-state index in [0.29, 0.717) is 37.4 Å². The highest BCUT2D eigenvalue weighted by Crippen LogP contribution is 2.17. The van der Waals surface area contributed by atoms with Crippen LogP contribution in [0.2, 0.25) is 0 Å². The minimum atomic E-state index is -0.416. The molecule has 2 heterocycles. The van der Waals surface area contributed by atoms with Gasteiger partial charge in [0.2, 0.25) is 5.91 Å². The molecule has 1 aromatic carbocycles. The van der Waals surface area contributed by atoms with E-state index in [4.69, 9.17) is 0 Å². The van der Waals surface area contributed by atoms with Crippen LogP contribution < -0.4 is 16.0 Å².